The maximum absolute atomic E-state index is 11.1. The number of Topliss-reactive ketones (excluding diaryl/α,β-unsaturated/α-hetero) is 1. The number of hydrogen-bond acceptors (Lipinski definition) is 1. The number of carbonyl (C=O) groups excluding carboxylic acids is 1. The summed E-state index contributed by atoms with van der Waals surface area (Å²) in [5.74, 6) is 0.183. The SMILES string of the molecule is CC(=O)[C@H](C)c1ccccc1Br. The largest absolute Gasteiger partial charge is 0.299 e. The van der Waals surface area contributed by atoms with Crippen LogP contribution in [0.25, 0.3) is 0 Å². The van der Waals surface area contributed by atoms with Crippen LogP contribution in [0.2, 0.25) is 0 Å². The zero-order valence-electron chi connectivity index (χ0n) is 7.17. The highest BCUT2D eigenvalue weighted by Gasteiger charge is 2.12. The van der Waals surface area contributed by atoms with Gasteiger partial charge in [0, 0.05) is 10.4 Å². The molecule has 1 aromatic rings. The predicted molar refractivity (Wildman–Crippen MR) is 53.2 cm³/mol. The van der Waals surface area contributed by atoms with E-state index in [0.29, 0.717) is 0 Å². The van der Waals surface area contributed by atoms with E-state index in [9.17, 15) is 4.79 Å². The summed E-state index contributed by atoms with van der Waals surface area (Å²) in [5, 5.41) is 0. The van der Waals surface area contributed by atoms with E-state index in [-0.39, 0.29) is 11.7 Å². The van der Waals surface area contributed by atoms with Gasteiger partial charge in [-0.15, -0.1) is 0 Å². The van der Waals surface area contributed by atoms with Crippen molar-refractivity contribution >= 4 is 21.7 Å². The van der Waals surface area contributed by atoms with Gasteiger partial charge < -0.3 is 0 Å². The van der Waals surface area contributed by atoms with Gasteiger partial charge in [0.15, 0.2) is 0 Å². The molecule has 0 aromatic heterocycles. The van der Waals surface area contributed by atoms with Crippen molar-refractivity contribution in [3.63, 3.8) is 0 Å². The van der Waals surface area contributed by atoms with E-state index in [0.717, 1.165) is 10.0 Å². The topological polar surface area (TPSA) is 17.1 Å². The van der Waals surface area contributed by atoms with Crippen molar-refractivity contribution < 1.29 is 4.79 Å². The minimum atomic E-state index is -0.0134. The Morgan fingerprint density at radius 2 is 2.00 bits per heavy atom. The molecule has 0 aliphatic heterocycles. The van der Waals surface area contributed by atoms with Crippen molar-refractivity contribution in [2.75, 3.05) is 0 Å². The minimum Gasteiger partial charge on any atom is -0.299 e. The molecule has 1 aromatic carbocycles. The Morgan fingerprint density at radius 1 is 1.42 bits per heavy atom. The average molecular weight is 227 g/mol. The summed E-state index contributed by atoms with van der Waals surface area (Å²) in [6.07, 6.45) is 0. The van der Waals surface area contributed by atoms with Gasteiger partial charge in [0.2, 0.25) is 0 Å². The number of hydrogen-bond donors (Lipinski definition) is 0. The third-order valence-corrected chi connectivity index (χ3v) is 2.70. The lowest BCUT2D eigenvalue weighted by Crippen LogP contribution is -2.04. The Bertz CT molecular complexity index is 294. The van der Waals surface area contributed by atoms with E-state index in [1.54, 1.807) is 6.92 Å². The minimum absolute atomic E-state index is 0.0134. The summed E-state index contributed by atoms with van der Waals surface area (Å²) in [4.78, 5) is 11.1. The highest BCUT2D eigenvalue weighted by molar-refractivity contribution is 9.10. The number of carbonyl (C=O) groups is 1. The van der Waals surface area contributed by atoms with Crippen molar-refractivity contribution in [3.05, 3.63) is 34.3 Å². The fourth-order valence-electron chi connectivity index (χ4n) is 1.05. The highest BCUT2D eigenvalue weighted by Crippen LogP contribution is 2.24. The normalized spacial score (nSPS) is 12.6. The molecule has 1 rings (SSSR count). The van der Waals surface area contributed by atoms with Crippen LogP contribution in [0, 0.1) is 0 Å². The van der Waals surface area contributed by atoms with Gasteiger partial charge in [-0.1, -0.05) is 41.1 Å². The first-order chi connectivity index (χ1) is 5.63. The molecular weight excluding hydrogens is 216 g/mol. The van der Waals surface area contributed by atoms with Gasteiger partial charge in [-0.25, -0.2) is 0 Å². The summed E-state index contributed by atoms with van der Waals surface area (Å²) < 4.78 is 1.01. The molecule has 0 aliphatic carbocycles. The summed E-state index contributed by atoms with van der Waals surface area (Å²) in [7, 11) is 0. The molecule has 0 unspecified atom stereocenters. The summed E-state index contributed by atoms with van der Waals surface area (Å²) in [5.41, 5.74) is 1.06. The van der Waals surface area contributed by atoms with Crippen LogP contribution < -0.4 is 0 Å². The van der Waals surface area contributed by atoms with Gasteiger partial charge in [-0.05, 0) is 18.6 Å². The second-order valence-corrected chi connectivity index (χ2v) is 3.71. The van der Waals surface area contributed by atoms with Gasteiger partial charge in [-0.2, -0.15) is 0 Å². The number of halogens is 1. The molecule has 12 heavy (non-hydrogen) atoms. The second-order valence-electron chi connectivity index (χ2n) is 2.85. The van der Waals surface area contributed by atoms with Crippen molar-refractivity contribution in [1.82, 2.24) is 0 Å². The van der Waals surface area contributed by atoms with Gasteiger partial charge in [-0.3, -0.25) is 4.79 Å². The van der Waals surface area contributed by atoms with Crippen LogP contribution in [-0.4, -0.2) is 5.78 Å². The Balaban J connectivity index is 3.02. The lowest BCUT2D eigenvalue weighted by atomic mass is 9.98. The molecule has 64 valence electrons. The molecule has 1 atom stereocenters. The molecule has 2 heteroatoms. The Labute approximate surface area is 80.9 Å². The molecule has 0 fully saturated rings. The first-order valence-electron chi connectivity index (χ1n) is 3.88. The smallest absolute Gasteiger partial charge is 0.137 e. The van der Waals surface area contributed by atoms with Crippen molar-refractivity contribution in [1.29, 1.82) is 0 Å². The van der Waals surface area contributed by atoms with E-state index in [2.05, 4.69) is 15.9 Å². The molecule has 0 N–H and O–H groups in total. The fraction of sp³-hybridized carbons (Fsp3) is 0.300. The number of ketones is 1. The van der Waals surface area contributed by atoms with E-state index in [1.165, 1.54) is 0 Å². The van der Waals surface area contributed by atoms with Crippen molar-refractivity contribution in [2.24, 2.45) is 0 Å². The van der Waals surface area contributed by atoms with Gasteiger partial charge in [0.1, 0.15) is 5.78 Å². The van der Waals surface area contributed by atoms with Crippen LogP contribution in [0.3, 0.4) is 0 Å². The number of rotatable bonds is 2. The molecule has 0 saturated heterocycles. The van der Waals surface area contributed by atoms with Crippen LogP contribution in [0.15, 0.2) is 28.7 Å². The third kappa shape index (κ3) is 1.95. The maximum atomic E-state index is 11.1. The molecule has 0 aliphatic rings. The molecule has 0 saturated carbocycles. The Morgan fingerprint density at radius 3 is 2.50 bits per heavy atom. The van der Waals surface area contributed by atoms with E-state index >= 15 is 0 Å². The lowest BCUT2D eigenvalue weighted by molar-refractivity contribution is -0.118. The standard InChI is InChI=1S/C10H11BrO/c1-7(8(2)12)9-5-3-4-6-10(9)11/h3-7H,1-2H3/t7-/m0/s1. The van der Waals surface area contributed by atoms with Gasteiger partial charge in [0.25, 0.3) is 0 Å². The number of benzene rings is 1. The monoisotopic (exact) mass is 226 g/mol. The fourth-order valence-corrected chi connectivity index (χ4v) is 1.67. The van der Waals surface area contributed by atoms with Crippen LogP contribution in [0.1, 0.15) is 25.3 Å². The summed E-state index contributed by atoms with van der Waals surface area (Å²) in [6.45, 7) is 3.53. The molecule has 0 bridgehead atoms. The highest BCUT2D eigenvalue weighted by atomic mass is 79.9. The van der Waals surface area contributed by atoms with Crippen LogP contribution in [0.5, 0.6) is 0 Å². The predicted octanol–water partition coefficient (Wildman–Crippen LogP) is 3.14. The third-order valence-electron chi connectivity index (χ3n) is 1.98. The molecule has 0 amide bonds. The van der Waals surface area contributed by atoms with Crippen LogP contribution in [0.4, 0.5) is 0 Å². The van der Waals surface area contributed by atoms with Crippen LogP contribution in [-0.2, 0) is 4.79 Å². The zero-order valence-corrected chi connectivity index (χ0v) is 8.76. The molecule has 1 nitrogen and oxygen atoms in total. The maximum Gasteiger partial charge on any atom is 0.137 e. The van der Waals surface area contributed by atoms with Crippen LogP contribution >= 0.6 is 15.9 Å². The Hall–Kier alpha value is -0.630. The van der Waals surface area contributed by atoms with E-state index in [4.69, 9.17) is 0 Å². The average Bonchev–Trinajstić information content (AvgIpc) is 2.04. The second kappa shape index (κ2) is 3.85. The molecule has 0 radical (unpaired) electrons. The van der Waals surface area contributed by atoms with E-state index in [1.807, 2.05) is 31.2 Å². The quantitative estimate of drug-likeness (QED) is 0.758. The van der Waals surface area contributed by atoms with Crippen molar-refractivity contribution in [2.45, 2.75) is 19.8 Å². The first kappa shape index (κ1) is 9.46. The van der Waals surface area contributed by atoms with Crippen molar-refractivity contribution in [3.8, 4) is 0 Å². The summed E-state index contributed by atoms with van der Waals surface area (Å²) >= 11 is 3.41. The molecular formula is C10H11BrO. The molecule has 0 heterocycles. The lowest BCUT2D eigenvalue weighted by Gasteiger charge is -2.09. The van der Waals surface area contributed by atoms with E-state index < -0.39 is 0 Å². The van der Waals surface area contributed by atoms with Gasteiger partial charge >= 0.3 is 0 Å². The molecule has 0 spiro atoms. The van der Waals surface area contributed by atoms with Gasteiger partial charge in [0.05, 0.1) is 0 Å². The summed E-state index contributed by atoms with van der Waals surface area (Å²) in [6, 6.07) is 7.81. The Kier molecular flexibility index (Phi) is 3.04. The zero-order chi connectivity index (χ0) is 9.14. The first-order valence-corrected chi connectivity index (χ1v) is 4.67.